The van der Waals surface area contributed by atoms with Gasteiger partial charge in [0, 0.05) is 0 Å². The van der Waals surface area contributed by atoms with E-state index in [1.165, 1.54) is 0 Å². The van der Waals surface area contributed by atoms with E-state index in [4.69, 9.17) is 61.7 Å². The van der Waals surface area contributed by atoms with Crippen LogP contribution < -0.4 is 67.0 Å². The molecule has 24 heteroatoms. The number of rotatable bonds is 24. The number of hydrogen-bond donors (Lipinski definition) is 12. The molecule has 0 unspecified atom stereocenters. The van der Waals surface area contributed by atoms with Crippen molar-refractivity contribution in [1.29, 1.82) is 0 Å². The average Bonchev–Trinajstić information content (AvgIpc) is 2.99. The number of carbonyl (C=O) groups is 4. The van der Waals surface area contributed by atoms with E-state index >= 15 is 0 Å². The minimum Gasteiger partial charge on any atom is -0.378 e. The molecule has 0 aromatic heterocycles. The molecule has 0 fully saturated rings. The van der Waals surface area contributed by atoms with Crippen molar-refractivity contribution in [2.24, 2.45) is 28.8 Å². The molecular weight excluding hydrogens is 564 g/mol. The highest BCUT2D eigenvalue weighted by Crippen LogP contribution is 2.21. The zero-order valence-electron chi connectivity index (χ0n) is 22.2. The number of hydrazine groups is 4. The molecule has 0 aliphatic heterocycles. The molecule has 0 spiro atoms. The number of amides is 8. The molecule has 0 aliphatic rings. The summed E-state index contributed by atoms with van der Waals surface area (Å²) in [5.74, 6) is 19.7. The third-order valence-electron chi connectivity index (χ3n) is 4.14. The Morgan fingerprint density at radius 3 is 0.829 bits per heavy atom. The number of ether oxygens (including phenoxy) is 4. The highest BCUT2D eigenvalue weighted by molar-refractivity contribution is 5.72. The predicted octanol–water partition coefficient (Wildman–Crippen LogP) is -5.54. The quantitative estimate of drug-likeness (QED) is 0.0211. The lowest BCUT2D eigenvalue weighted by molar-refractivity contribution is -0.126. The molecule has 0 aromatic carbocycles. The van der Waals surface area contributed by atoms with Crippen molar-refractivity contribution in [3.63, 3.8) is 0 Å². The maximum Gasteiger partial charge on any atom is 0.352 e. The van der Waals surface area contributed by atoms with Crippen LogP contribution in [0.3, 0.4) is 0 Å². The van der Waals surface area contributed by atoms with Crippen molar-refractivity contribution in [3.8, 4) is 0 Å². The lowest BCUT2D eigenvalue weighted by Crippen LogP contribution is -2.44. The molecule has 0 atom stereocenters. The predicted molar refractivity (Wildman–Crippen MR) is 133 cm³/mol. The summed E-state index contributed by atoms with van der Waals surface area (Å²) >= 11 is 0. The minimum atomic E-state index is -0.936. The summed E-state index contributed by atoms with van der Waals surface area (Å²) in [6, 6.07) is -3.01. The summed E-state index contributed by atoms with van der Waals surface area (Å²) in [6.07, 6.45) is 0. The van der Waals surface area contributed by atoms with Crippen LogP contribution in [0.1, 0.15) is 0 Å². The number of nitrogens with two attached hydrogens (primary N) is 4. The maximum absolute atomic E-state index is 11.1. The normalized spacial score (nSPS) is 10.8. The lowest BCUT2D eigenvalue weighted by atomic mass is 9.92. The molecule has 240 valence electrons. The zero-order valence-corrected chi connectivity index (χ0v) is 22.2. The monoisotopic (exact) mass is 604 g/mol. The molecular formula is C17H40N12O12. The van der Waals surface area contributed by atoms with Gasteiger partial charge in [0.15, 0.2) is 0 Å². The first kappa shape index (κ1) is 37.6. The number of carbonyl (C=O) groups excluding carboxylic acids is 4. The Balaban J connectivity index is 5.04. The average molecular weight is 605 g/mol. The first-order valence-corrected chi connectivity index (χ1v) is 11.7. The summed E-state index contributed by atoms with van der Waals surface area (Å²) in [5, 5.41) is 0. The van der Waals surface area contributed by atoms with E-state index < -0.39 is 29.5 Å². The topological polar surface area (TPSA) is 342 Å². The van der Waals surface area contributed by atoms with Crippen molar-refractivity contribution in [3.05, 3.63) is 0 Å². The number of nitrogens with one attached hydrogen (secondary N) is 8. The fourth-order valence-electron chi connectivity index (χ4n) is 2.39. The summed E-state index contributed by atoms with van der Waals surface area (Å²) in [5.41, 5.74) is 14.5. The van der Waals surface area contributed by atoms with Crippen molar-refractivity contribution in [2.45, 2.75) is 0 Å². The van der Waals surface area contributed by atoms with Crippen LogP contribution in [-0.4, -0.2) is 103 Å². The first-order chi connectivity index (χ1) is 19.8. The third-order valence-corrected chi connectivity index (χ3v) is 4.14. The zero-order chi connectivity index (χ0) is 30.6. The van der Waals surface area contributed by atoms with Gasteiger partial charge in [-0.2, -0.15) is 0 Å². The van der Waals surface area contributed by atoms with E-state index in [1.807, 2.05) is 43.6 Å². The molecule has 16 N–H and O–H groups in total. The van der Waals surface area contributed by atoms with Crippen molar-refractivity contribution in [1.82, 2.24) is 43.6 Å². The second kappa shape index (κ2) is 25.6. The van der Waals surface area contributed by atoms with Crippen LogP contribution in [0.5, 0.6) is 0 Å². The van der Waals surface area contributed by atoms with Gasteiger partial charge in [0.25, 0.3) is 0 Å². The Hall–Kier alpha value is -3.40. The van der Waals surface area contributed by atoms with Gasteiger partial charge in [-0.15, -0.1) is 0 Å². The molecule has 0 aromatic rings. The van der Waals surface area contributed by atoms with Gasteiger partial charge in [-0.25, -0.2) is 64.5 Å². The summed E-state index contributed by atoms with van der Waals surface area (Å²) < 4.78 is 22.8. The summed E-state index contributed by atoms with van der Waals surface area (Å²) in [7, 11) is 0. The number of hydroxylamine groups is 4. The smallest absolute Gasteiger partial charge is 0.352 e. The Bertz CT molecular complexity index is 608. The molecule has 0 bridgehead atoms. The molecule has 0 aliphatic carbocycles. The lowest BCUT2D eigenvalue weighted by Gasteiger charge is -2.33. The standard InChI is InChI=1S/C17H40N12O12/c18-22-13(30)26-38-5-1-34-9-17(10-35-2-6-39-27-14(31)23-19,11-36-3-7-40-28-15(32)24-20)12-37-4-8-41-29-16(33)25-21/h1-12,18-21H2,(H2,22,26,30)(H2,23,27,31)(H2,24,28,32)(H2,25,29,33). The molecule has 0 heterocycles. The van der Waals surface area contributed by atoms with Gasteiger partial charge in [-0.3, -0.25) is 41.1 Å². The molecule has 41 heavy (non-hydrogen) atoms. The van der Waals surface area contributed by atoms with Gasteiger partial charge in [0.05, 0.1) is 84.7 Å². The second-order valence-electron chi connectivity index (χ2n) is 7.41. The van der Waals surface area contributed by atoms with E-state index in [0.717, 1.165) is 0 Å². The molecule has 8 amide bonds. The Morgan fingerprint density at radius 2 is 0.634 bits per heavy atom. The van der Waals surface area contributed by atoms with E-state index in [9.17, 15) is 19.2 Å². The third kappa shape index (κ3) is 22.0. The van der Waals surface area contributed by atoms with Gasteiger partial charge in [-0.1, -0.05) is 0 Å². The first-order valence-electron chi connectivity index (χ1n) is 11.7. The fraction of sp³-hybridized carbons (Fsp3) is 0.765. The highest BCUT2D eigenvalue weighted by Gasteiger charge is 2.32. The van der Waals surface area contributed by atoms with Crippen molar-refractivity contribution >= 4 is 24.1 Å². The Kier molecular flexibility index (Phi) is 23.4. The van der Waals surface area contributed by atoms with Gasteiger partial charge >= 0.3 is 24.1 Å². The van der Waals surface area contributed by atoms with Crippen LogP contribution in [0, 0.1) is 5.41 Å². The molecule has 24 nitrogen and oxygen atoms in total. The molecule has 0 saturated carbocycles. The SMILES string of the molecule is NNC(=O)NOCCOCC(COCCONC(=O)NN)(COCCONC(=O)NN)COCCONC(=O)NN. The molecule has 0 radical (unpaired) electrons. The van der Waals surface area contributed by atoms with Crippen molar-refractivity contribution < 1.29 is 57.5 Å². The van der Waals surface area contributed by atoms with Crippen LogP contribution in [0.25, 0.3) is 0 Å². The van der Waals surface area contributed by atoms with Crippen LogP contribution in [0.2, 0.25) is 0 Å². The molecule has 0 saturated heterocycles. The van der Waals surface area contributed by atoms with Gasteiger partial charge < -0.3 is 18.9 Å². The maximum atomic E-state index is 11.1. The minimum absolute atomic E-state index is 0.0114. The van der Waals surface area contributed by atoms with Crippen LogP contribution >= 0.6 is 0 Å². The highest BCUT2D eigenvalue weighted by atomic mass is 16.7. The summed E-state index contributed by atoms with van der Waals surface area (Å²) in [6.45, 7) is 0.0874. The van der Waals surface area contributed by atoms with Crippen LogP contribution in [0.15, 0.2) is 0 Å². The van der Waals surface area contributed by atoms with E-state index in [-0.39, 0.29) is 79.3 Å². The number of urea groups is 4. The van der Waals surface area contributed by atoms with Crippen LogP contribution in [-0.2, 0) is 38.3 Å². The largest absolute Gasteiger partial charge is 0.378 e. The summed E-state index contributed by atoms with van der Waals surface area (Å²) in [4.78, 5) is 63.8. The van der Waals surface area contributed by atoms with Crippen LogP contribution in [0.4, 0.5) is 19.2 Å². The van der Waals surface area contributed by atoms with E-state index in [0.29, 0.717) is 0 Å². The molecule has 0 rings (SSSR count). The fourth-order valence-corrected chi connectivity index (χ4v) is 2.39. The van der Waals surface area contributed by atoms with Crippen molar-refractivity contribution in [2.75, 3.05) is 79.3 Å². The van der Waals surface area contributed by atoms with Gasteiger partial charge in [0.1, 0.15) is 0 Å². The van der Waals surface area contributed by atoms with Gasteiger partial charge in [-0.05, 0) is 0 Å². The van der Waals surface area contributed by atoms with E-state index in [1.54, 1.807) is 0 Å². The number of hydrogen-bond acceptors (Lipinski definition) is 16. The second-order valence-corrected chi connectivity index (χ2v) is 7.41. The van der Waals surface area contributed by atoms with E-state index in [2.05, 4.69) is 0 Å². The Labute approximate surface area is 234 Å². The Morgan fingerprint density at radius 1 is 0.415 bits per heavy atom. The van der Waals surface area contributed by atoms with Gasteiger partial charge in [0.2, 0.25) is 0 Å².